The first-order chi connectivity index (χ1) is 3.31. The van der Waals surface area contributed by atoms with E-state index in [1.807, 2.05) is 6.92 Å². The number of rotatable bonds is 2. The van der Waals surface area contributed by atoms with Gasteiger partial charge in [-0.1, -0.05) is 27.6 Å². The van der Waals surface area contributed by atoms with Gasteiger partial charge in [0.25, 0.3) is 0 Å². The van der Waals surface area contributed by atoms with E-state index in [0.717, 1.165) is 5.33 Å². The minimum absolute atomic E-state index is 0.150. The maximum absolute atomic E-state index is 8.27. The molecule has 0 saturated heterocycles. The summed E-state index contributed by atoms with van der Waals surface area (Å²) in [5, 5.41) is 9.13. The van der Waals surface area contributed by atoms with E-state index in [-0.39, 0.29) is 6.61 Å². The van der Waals surface area contributed by atoms with Crippen molar-refractivity contribution in [2.45, 2.75) is 6.92 Å². The van der Waals surface area contributed by atoms with E-state index in [1.54, 1.807) is 6.08 Å². The standard InChI is InChI=1S/C5H9BrO/c1-5(4-6)2-3-7/h2,7H,3-4H2,1H3. The van der Waals surface area contributed by atoms with Gasteiger partial charge in [-0.25, -0.2) is 0 Å². The Morgan fingerprint density at radius 2 is 2.43 bits per heavy atom. The third kappa shape index (κ3) is 4.02. The zero-order valence-electron chi connectivity index (χ0n) is 4.32. The third-order valence-corrected chi connectivity index (χ3v) is 1.54. The largest absolute Gasteiger partial charge is 0.392 e. The molecule has 1 N–H and O–H groups in total. The van der Waals surface area contributed by atoms with E-state index in [0.29, 0.717) is 0 Å². The Labute approximate surface area is 52.2 Å². The molecule has 0 heterocycles. The van der Waals surface area contributed by atoms with E-state index in [1.165, 1.54) is 5.57 Å². The highest BCUT2D eigenvalue weighted by atomic mass is 79.9. The van der Waals surface area contributed by atoms with Crippen LogP contribution in [0.2, 0.25) is 0 Å². The van der Waals surface area contributed by atoms with Gasteiger partial charge in [-0.2, -0.15) is 0 Å². The average Bonchev–Trinajstić information content (AvgIpc) is 1.68. The highest BCUT2D eigenvalue weighted by Crippen LogP contribution is 1.94. The molecule has 0 aliphatic rings. The molecule has 0 aromatic rings. The monoisotopic (exact) mass is 164 g/mol. The van der Waals surface area contributed by atoms with Crippen molar-refractivity contribution in [2.24, 2.45) is 0 Å². The van der Waals surface area contributed by atoms with Gasteiger partial charge >= 0.3 is 0 Å². The lowest BCUT2D eigenvalue weighted by molar-refractivity contribution is 0.342. The van der Waals surface area contributed by atoms with Crippen LogP contribution in [0.15, 0.2) is 11.6 Å². The third-order valence-electron chi connectivity index (χ3n) is 0.651. The molecule has 1 nitrogen and oxygen atoms in total. The van der Waals surface area contributed by atoms with Crippen LogP contribution >= 0.6 is 15.9 Å². The molecule has 0 radical (unpaired) electrons. The summed E-state index contributed by atoms with van der Waals surface area (Å²) in [7, 11) is 0. The first-order valence-corrected chi connectivity index (χ1v) is 3.26. The summed E-state index contributed by atoms with van der Waals surface area (Å²) in [5.74, 6) is 0. The second-order valence-corrected chi connectivity index (χ2v) is 1.93. The van der Waals surface area contributed by atoms with Gasteiger partial charge in [0, 0.05) is 5.33 Å². The molecule has 0 fully saturated rings. The fraction of sp³-hybridized carbons (Fsp3) is 0.600. The van der Waals surface area contributed by atoms with E-state index in [9.17, 15) is 0 Å². The molecule has 0 aromatic heterocycles. The van der Waals surface area contributed by atoms with Crippen molar-refractivity contribution in [1.82, 2.24) is 0 Å². The summed E-state index contributed by atoms with van der Waals surface area (Å²) in [4.78, 5) is 0. The van der Waals surface area contributed by atoms with Gasteiger partial charge in [0.2, 0.25) is 0 Å². The van der Waals surface area contributed by atoms with E-state index < -0.39 is 0 Å². The smallest absolute Gasteiger partial charge is 0.0615 e. The Morgan fingerprint density at radius 1 is 1.86 bits per heavy atom. The van der Waals surface area contributed by atoms with Crippen molar-refractivity contribution in [3.05, 3.63) is 11.6 Å². The predicted molar refractivity (Wildman–Crippen MR) is 34.6 cm³/mol. The summed E-state index contributed by atoms with van der Waals surface area (Å²) in [6, 6.07) is 0. The zero-order valence-corrected chi connectivity index (χ0v) is 5.90. The molecule has 0 rings (SSSR count). The van der Waals surface area contributed by atoms with Crippen LogP contribution in [-0.2, 0) is 0 Å². The van der Waals surface area contributed by atoms with Crippen LogP contribution in [0.25, 0.3) is 0 Å². The summed E-state index contributed by atoms with van der Waals surface area (Å²) < 4.78 is 0. The molecular formula is C5H9BrO. The molecule has 0 aliphatic carbocycles. The molecular weight excluding hydrogens is 156 g/mol. The van der Waals surface area contributed by atoms with Crippen LogP contribution in [0.4, 0.5) is 0 Å². The van der Waals surface area contributed by atoms with Crippen molar-refractivity contribution in [3.8, 4) is 0 Å². The second-order valence-electron chi connectivity index (χ2n) is 1.37. The van der Waals surface area contributed by atoms with Crippen molar-refractivity contribution < 1.29 is 5.11 Å². The highest BCUT2D eigenvalue weighted by Gasteiger charge is 1.78. The Bertz CT molecular complexity index is 68.5. The Hall–Kier alpha value is 0.180. The molecule has 0 aliphatic heterocycles. The Balaban J connectivity index is 3.29. The fourth-order valence-corrected chi connectivity index (χ4v) is 0.439. The van der Waals surface area contributed by atoms with Crippen LogP contribution < -0.4 is 0 Å². The SMILES string of the molecule is CC(=CCO)CBr. The summed E-state index contributed by atoms with van der Waals surface area (Å²) in [5.41, 5.74) is 1.17. The van der Waals surface area contributed by atoms with Gasteiger partial charge in [0.05, 0.1) is 6.61 Å². The molecule has 42 valence electrons. The Kier molecular flexibility index (Phi) is 4.45. The molecule has 0 saturated carbocycles. The van der Waals surface area contributed by atoms with Crippen molar-refractivity contribution >= 4 is 15.9 Å². The Morgan fingerprint density at radius 3 is 2.57 bits per heavy atom. The zero-order chi connectivity index (χ0) is 5.70. The topological polar surface area (TPSA) is 20.2 Å². The normalized spacial score (nSPS) is 12.1. The van der Waals surface area contributed by atoms with Crippen LogP contribution in [-0.4, -0.2) is 17.0 Å². The minimum Gasteiger partial charge on any atom is -0.392 e. The van der Waals surface area contributed by atoms with E-state index in [4.69, 9.17) is 5.11 Å². The van der Waals surface area contributed by atoms with Gasteiger partial charge in [0.1, 0.15) is 0 Å². The quantitative estimate of drug-likeness (QED) is 0.483. The number of aliphatic hydroxyl groups is 1. The maximum Gasteiger partial charge on any atom is 0.0615 e. The van der Waals surface area contributed by atoms with E-state index >= 15 is 0 Å². The molecule has 2 heteroatoms. The number of halogens is 1. The lowest BCUT2D eigenvalue weighted by atomic mass is 10.3. The van der Waals surface area contributed by atoms with Crippen molar-refractivity contribution in [1.29, 1.82) is 0 Å². The first-order valence-electron chi connectivity index (χ1n) is 2.13. The van der Waals surface area contributed by atoms with Gasteiger partial charge in [0.15, 0.2) is 0 Å². The van der Waals surface area contributed by atoms with Crippen LogP contribution in [0.5, 0.6) is 0 Å². The van der Waals surface area contributed by atoms with E-state index in [2.05, 4.69) is 15.9 Å². The number of allylic oxidation sites excluding steroid dienone is 1. The minimum atomic E-state index is 0.150. The van der Waals surface area contributed by atoms with Crippen LogP contribution in [0, 0.1) is 0 Å². The van der Waals surface area contributed by atoms with Gasteiger partial charge in [-0.3, -0.25) is 0 Å². The molecule has 0 spiro atoms. The van der Waals surface area contributed by atoms with Gasteiger partial charge < -0.3 is 5.11 Å². The molecule has 0 atom stereocenters. The highest BCUT2D eigenvalue weighted by molar-refractivity contribution is 9.09. The van der Waals surface area contributed by atoms with Crippen LogP contribution in [0.1, 0.15) is 6.92 Å². The maximum atomic E-state index is 8.27. The summed E-state index contributed by atoms with van der Waals surface area (Å²) in [6.07, 6.45) is 1.77. The molecule has 0 unspecified atom stereocenters. The van der Waals surface area contributed by atoms with Crippen molar-refractivity contribution in [3.63, 3.8) is 0 Å². The molecule has 7 heavy (non-hydrogen) atoms. The summed E-state index contributed by atoms with van der Waals surface area (Å²) >= 11 is 3.24. The van der Waals surface area contributed by atoms with Gasteiger partial charge in [-0.15, -0.1) is 0 Å². The van der Waals surface area contributed by atoms with Crippen molar-refractivity contribution in [2.75, 3.05) is 11.9 Å². The van der Waals surface area contributed by atoms with Crippen LogP contribution in [0.3, 0.4) is 0 Å². The number of alkyl halides is 1. The molecule has 0 aromatic carbocycles. The second kappa shape index (κ2) is 4.34. The summed E-state index contributed by atoms with van der Waals surface area (Å²) in [6.45, 7) is 2.11. The predicted octanol–water partition coefficient (Wildman–Crippen LogP) is 1.32. The fourth-order valence-electron chi connectivity index (χ4n) is 0.210. The molecule has 0 bridgehead atoms. The lowest BCUT2D eigenvalue weighted by Crippen LogP contribution is -1.78. The molecule has 0 amide bonds. The van der Waals surface area contributed by atoms with Gasteiger partial charge in [-0.05, 0) is 6.92 Å². The first kappa shape index (κ1) is 7.18. The number of hydrogen-bond donors (Lipinski definition) is 1. The lowest BCUT2D eigenvalue weighted by Gasteiger charge is -1.86. The average molecular weight is 165 g/mol. The number of hydrogen-bond acceptors (Lipinski definition) is 1. The number of aliphatic hydroxyl groups excluding tert-OH is 1.